The Morgan fingerprint density at radius 2 is 1.09 bits per heavy atom. The third kappa shape index (κ3) is 18.0. The molecule has 0 bridgehead atoms. The van der Waals surface area contributed by atoms with Crippen molar-refractivity contribution in [2.24, 2.45) is 11.3 Å². The maximum Gasteiger partial charge on any atom is 0.000133 e. The second-order valence-corrected chi connectivity index (χ2v) is 9.00. The van der Waals surface area contributed by atoms with Crippen molar-refractivity contribution in [1.82, 2.24) is 4.90 Å². The molecule has 0 atom stereocenters. The van der Waals surface area contributed by atoms with E-state index in [0.717, 1.165) is 5.92 Å². The van der Waals surface area contributed by atoms with Gasteiger partial charge in [0.05, 0.1) is 0 Å². The minimum Gasteiger partial charge on any atom is -0.306 e. The van der Waals surface area contributed by atoms with Crippen LogP contribution >= 0.6 is 0 Å². The van der Waals surface area contributed by atoms with Gasteiger partial charge in [0.2, 0.25) is 0 Å². The van der Waals surface area contributed by atoms with Crippen molar-refractivity contribution in [2.45, 2.75) is 105 Å². The van der Waals surface area contributed by atoms with Crippen LogP contribution in [0.15, 0.2) is 0 Å². The smallest absolute Gasteiger partial charge is 0.000133 e. The molecular weight excluding hydrogens is 266 g/mol. The fourth-order valence-corrected chi connectivity index (χ4v) is 3.17. The van der Waals surface area contributed by atoms with Gasteiger partial charge in [0.25, 0.3) is 0 Å². The van der Waals surface area contributed by atoms with E-state index in [1.165, 1.54) is 83.7 Å². The van der Waals surface area contributed by atoms with E-state index in [9.17, 15) is 0 Å². The molecule has 0 amide bonds. The van der Waals surface area contributed by atoms with E-state index in [2.05, 4.69) is 46.6 Å². The standard InChI is InChI=1S/C21H45N/c1-20(2)19-22(6)18-16-14-12-10-8-7-9-11-13-15-17-21(3,4)5/h20H,7-19H2,1-6H3. The van der Waals surface area contributed by atoms with Crippen LogP contribution in [-0.2, 0) is 0 Å². The fraction of sp³-hybridized carbons (Fsp3) is 1.00. The Bertz CT molecular complexity index is 227. The van der Waals surface area contributed by atoms with E-state index >= 15 is 0 Å². The molecule has 0 aromatic rings. The summed E-state index contributed by atoms with van der Waals surface area (Å²) in [5.74, 6) is 0.799. The summed E-state index contributed by atoms with van der Waals surface area (Å²) in [7, 11) is 2.26. The SMILES string of the molecule is CC(C)CN(C)CCCCCCCCCCCCC(C)(C)C. The van der Waals surface area contributed by atoms with Crippen molar-refractivity contribution in [2.75, 3.05) is 20.1 Å². The summed E-state index contributed by atoms with van der Waals surface area (Å²) in [6.07, 6.45) is 15.8. The van der Waals surface area contributed by atoms with Crippen molar-refractivity contribution < 1.29 is 0 Å². The molecule has 0 aromatic heterocycles. The zero-order valence-corrected chi connectivity index (χ0v) is 16.7. The lowest BCUT2D eigenvalue weighted by molar-refractivity contribution is 0.288. The first kappa shape index (κ1) is 22.0. The molecule has 0 saturated carbocycles. The van der Waals surface area contributed by atoms with Crippen LogP contribution in [0.1, 0.15) is 105 Å². The number of unbranched alkanes of at least 4 members (excludes halogenated alkanes) is 9. The predicted octanol–water partition coefficient (Wildman–Crippen LogP) is 6.91. The van der Waals surface area contributed by atoms with E-state index in [4.69, 9.17) is 0 Å². The number of nitrogens with zero attached hydrogens (tertiary/aromatic N) is 1. The first-order chi connectivity index (χ1) is 10.3. The monoisotopic (exact) mass is 311 g/mol. The third-order valence-electron chi connectivity index (χ3n) is 4.39. The van der Waals surface area contributed by atoms with Gasteiger partial charge in [-0.1, -0.05) is 92.4 Å². The van der Waals surface area contributed by atoms with Crippen LogP contribution in [0.4, 0.5) is 0 Å². The van der Waals surface area contributed by atoms with Crippen LogP contribution in [-0.4, -0.2) is 25.0 Å². The minimum absolute atomic E-state index is 0.531. The highest BCUT2D eigenvalue weighted by Crippen LogP contribution is 2.22. The molecule has 0 aliphatic carbocycles. The molecule has 0 saturated heterocycles. The van der Waals surface area contributed by atoms with E-state index in [0.29, 0.717) is 5.41 Å². The van der Waals surface area contributed by atoms with Gasteiger partial charge in [-0.25, -0.2) is 0 Å². The van der Waals surface area contributed by atoms with Crippen molar-refractivity contribution in [3.8, 4) is 0 Å². The van der Waals surface area contributed by atoms with Crippen molar-refractivity contribution >= 4 is 0 Å². The number of hydrogen-bond donors (Lipinski definition) is 0. The highest BCUT2D eigenvalue weighted by molar-refractivity contribution is 4.61. The molecule has 0 unspecified atom stereocenters. The van der Waals surface area contributed by atoms with Crippen LogP contribution in [0.3, 0.4) is 0 Å². The largest absolute Gasteiger partial charge is 0.306 e. The summed E-state index contributed by atoms with van der Waals surface area (Å²) in [5, 5.41) is 0. The van der Waals surface area contributed by atoms with Gasteiger partial charge in [-0.2, -0.15) is 0 Å². The predicted molar refractivity (Wildman–Crippen MR) is 103 cm³/mol. The second kappa shape index (κ2) is 13.4. The van der Waals surface area contributed by atoms with Crippen LogP contribution < -0.4 is 0 Å². The molecule has 0 aliphatic heterocycles. The third-order valence-corrected chi connectivity index (χ3v) is 4.39. The molecule has 22 heavy (non-hydrogen) atoms. The summed E-state index contributed by atoms with van der Waals surface area (Å²) in [5.41, 5.74) is 0.531. The summed E-state index contributed by atoms with van der Waals surface area (Å²) < 4.78 is 0. The molecule has 0 aromatic carbocycles. The Kier molecular flexibility index (Phi) is 13.4. The van der Waals surface area contributed by atoms with E-state index in [1.54, 1.807) is 0 Å². The maximum absolute atomic E-state index is 2.49. The van der Waals surface area contributed by atoms with Gasteiger partial charge < -0.3 is 4.90 Å². The molecule has 0 rings (SSSR count). The summed E-state index contributed by atoms with van der Waals surface area (Å²) >= 11 is 0. The van der Waals surface area contributed by atoms with E-state index < -0.39 is 0 Å². The first-order valence-electron chi connectivity index (χ1n) is 10.00. The topological polar surface area (TPSA) is 3.24 Å². The minimum atomic E-state index is 0.531. The van der Waals surface area contributed by atoms with Crippen LogP contribution in [0.5, 0.6) is 0 Å². The molecule has 0 radical (unpaired) electrons. The molecule has 134 valence electrons. The molecular formula is C21H45N. The zero-order chi connectivity index (χ0) is 16.8. The quantitative estimate of drug-likeness (QED) is 0.315. The van der Waals surface area contributed by atoms with Crippen LogP contribution in [0.25, 0.3) is 0 Å². The highest BCUT2D eigenvalue weighted by atomic mass is 15.1. The lowest BCUT2D eigenvalue weighted by Crippen LogP contribution is -2.24. The zero-order valence-electron chi connectivity index (χ0n) is 16.7. The van der Waals surface area contributed by atoms with Gasteiger partial charge in [-0.05, 0) is 37.8 Å². The second-order valence-electron chi connectivity index (χ2n) is 9.00. The van der Waals surface area contributed by atoms with Gasteiger partial charge >= 0.3 is 0 Å². The Hall–Kier alpha value is -0.0400. The normalized spacial score (nSPS) is 12.5. The van der Waals surface area contributed by atoms with Crippen LogP contribution in [0.2, 0.25) is 0 Å². The molecule has 0 spiro atoms. The molecule has 0 N–H and O–H groups in total. The van der Waals surface area contributed by atoms with Crippen molar-refractivity contribution in [3.63, 3.8) is 0 Å². The van der Waals surface area contributed by atoms with Crippen molar-refractivity contribution in [3.05, 3.63) is 0 Å². The maximum atomic E-state index is 2.49. The number of hydrogen-bond acceptors (Lipinski definition) is 1. The van der Waals surface area contributed by atoms with Crippen molar-refractivity contribution in [1.29, 1.82) is 0 Å². The summed E-state index contributed by atoms with van der Waals surface area (Å²) in [6, 6.07) is 0. The lowest BCUT2D eigenvalue weighted by Gasteiger charge is -2.18. The average molecular weight is 312 g/mol. The molecule has 0 fully saturated rings. The van der Waals surface area contributed by atoms with Gasteiger partial charge in [0, 0.05) is 6.54 Å². The molecule has 0 heterocycles. The lowest BCUT2D eigenvalue weighted by atomic mass is 9.89. The molecule has 1 nitrogen and oxygen atoms in total. The average Bonchev–Trinajstić information content (AvgIpc) is 2.38. The molecule has 0 aliphatic rings. The first-order valence-corrected chi connectivity index (χ1v) is 10.00. The van der Waals surface area contributed by atoms with E-state index in [1.807, 2.05) is 0 Å². The molecule has 1 heteroatoms. The Labute approximate surface area is 142 Å². The Morgan fingerprint density at radius 3 is 1.50 bits per heavy atom. The van der Waals surface area contributed by atoms with Crippen LogP contribution in [0, 0.1) is 11.3 Å². The van der Waals surface area contributed by atoms with Gasteiger partial charge in [-0.15, -0.1) is 0 Å². The Morgan fingerprint density at radius 1 is 0.682 bits per heavy atom. The van der Waals surface area contributed by atoms with Gasteiger partial charge in [-0.3, -0.25) is 0 Å². The fourth-order valence-electron chi connectivity index (χ4n) is 3.17. The van der Waals surface area contributed by atoms with Gasteiger partial charge in [0.15, 0.2) is 0 Å². The van der Waals surface area contributed by atoms with E-state index in [-0.39, 0.29) is 0 Å². The number of rotatable bonds is 14. The summed E-state index contributed by atoms with van der Waals surface area (Å²) in [6.45, 7) is 14.2. The highest BCUT2D eigenvalue weighted by Gasteiger charge is 2.08. The summed E-state index contributed by atoms with van der Waals surface area (Å²) in [4.78, 5) is 2.49. The Balaban J connectivity index is 3.15. The van der Waals surface area contributed by atoms with Gasteiger partial charge in [0.1, 0.15) is 0 Å².